The van der Waals surface area contributed by atoms with Crippen LogP contribution in [0.5, 0.6) is 0 Å². The van der Waals surface area contributed by atoms with Gasteiger partial charge in [-0.15, -0.1) is 26.3 Å². The van der Waals surface area contributed by atoms with Crippen molar-refractivity contribution in [2.75, 3.05) is 36.0 Å². The molecule has 0 aliphatic heterocycles. The Morgan fingerprint density at radius 3 is 1.33 bits per heavy atom. The third kappa shape index (κ3) is 5.04. The first-order chi connectivity index (χ1) is 10.2. The Balaban J connectivity index is 3.16. The summed E-state index contributed by atoms with van der Waals surface area (Å²) in [6.07, 6.45) is 7.08. The van der Waals surface area contributed by atoms with E-state index in [0.29, 0.717) is 38.1 Å². The lowest BCUT2D eigenvalue weighted by atomic mass is 10.4. The summed E-state index contributed by atoms with van der Waals surface area (Å²) in [7, 11) is 0. The van der Waals surface area contributed by atoms with E-state index in [1.165, 1.54) is 0 Å². The Hall–Kier alpha value is -2.14. The molecule has 1 rings (SSSR count). The molecule has 0 aliphatic carbocycles. The van der Waals surface area contributed by atoms with Gasteiger partial charge in [0.2, 0.25) is 17.2 Å². The lowest BCUT2D eigenvalue weighted by molar-refractivity contribution is 0.831. The summed E-state index contributed by atoms with van der Waals surface area (Å²) in [5, 5.41) is 0.145. The predicted octanol–water partition coefficient (Wildman–Crippen LogP) is 2.88. The number of hydrogen-bond acceptors (Lipinski definition) is 5. The Morgan fingerprint density at radius 2 is 1.05 bits per heavy atom. The molecule has 0 bridgehead atoms. The second kappa shape index (κ2) is 8.92. The number of nitrogens with zero attached hydrogens (tertiary/aromatic N) is 5. The summed E-state index contributed by atoms with van der Waals surface area (Å²) in [5.41, 5.74) is 0. The zero-order valence-electron chi connectivity index (χ0n) is 12.1. The molecule has 21 heavy (non-hydrogen) atoms. The summed E-state index contributed by atoms with van der Waals surface area (Å²) in [6.45, 7) is 17.3. The first-order valence-corrected chi connectivity index (χ1v) is 6.89. The minimum Gasteiger partial charge on any atom is -0.333 e. The largest absolute Gasteiger partial charge is 0.333 e. The first kappa shape index (κ1) is 16.9. The van der Waals surface area contributed by atoms with Gasteiger partial charge in [-0.1, -0.05) is 24.3 Å². The Morgan fingerprint density at radius 1 is 0.714 bits per heavy atom. The van der Waals surface area contributed by atoms with E-state index < -0.39 is 0 Å². The van der Waals surface area contributed by atoms with Crippen LogP contribution >= 0.6 is 11.6 Å². The van der Waals surface area contributed by atoms with Crippen LogP contribution in [-0.2, 0) is 0 Å². The van der Waals surface area contributed by atoms with Crippen LogP contribution < -0.4 is 9.80 Å². The van der Waals surface area contributed by atoms with Crippen LogP contribution in [0.15, 0.2) is 50.6 Å². The molecule has 0 N–H and O–H groups in total. The number of hydrogen-bond donors (Lipinski definition) is 0. The molecule has 6 heteroatoms. The highest BCUT2D eigenvalue weighted by atomic mass is 35.5. The van der Waals surface area contributed by atoms with Gasteiger partial charge in [0.25, 0.3) is 0 Å². The van der Waals surface area contributed by atoms with E-state index in [1.807, 2.05) is 9.80 Å². The van der Waals surface area contributed by atoms with Gasteiger partial charge in [0.05, 0.1) is 0 Å². The van der Waals surface area contributed by atoms with Crippen molar-refractivity contribution in [2.24, 2.45) is 0 Å². The average Bonchev–Trinajstić information content (AvgIpc) is 2.46. The van der Waals surface area contributed by atoms with Crippen molar-refractivity contribution in [1.29, 1.82) is 0 Å². The molecule has 0 radical (unpaired) electrons. The highest BCUT2D eigenvalue weighted by Crippen LogP contribution is 2.17. The lowest BCUT2D eigenvalue weighted by Crippen LogP contribution is -2.29. The third-order valence-electron chi connectivity index (χ3n) is 2.55. The highest BCUT2D eigenvalue weighted by molar-refractivity contribution is 6.28. The van der Waals surface area contributed by atoms with Crippen LogP contribution in [0.3, 0.4) is 0 Å². The molecule has 5 nitrogen and oxygen atoms in total. The summed E-state index contributed by atoms with van der Waals surface area (Å²) in [5.74, 6) is 0.978. The van der Waals surface area contributed by atoms with Crippen LogP contribution in [0.4, 0.5) is 11.9 Å². The molecule has 0 aliphatic rings. The maximum absolute atomic E-state index is 6.02. The molecule has 112 valence electrons. The maximum atomic E-state index is 6.02. The lowest BCUT2D eigenvalue weighted by Gasteiger charge is -2.23. The van der Waals surface area contributed by atoms with Crippen LogP contribution in [0, 0.1) is 0 Å². The monoisotopic (exact) mass is 305 g/mol. The second-order valence-electron chi connectivity index (χ2n) is 4.17. The minimum atomic E-state index is 0.145. The predicted molar refractivity (Wildman–Crippen MR) is 90.1 cm³/mol. The van der Waals surface area contributed by atoms with Crippen molar-refractivity contribution >= 4 is 23.5 Å². The van der Waals surface area contributed by atoms with Gasteiger partial charge in [-0.25, -0.2) is 0 Å². The smallest absolute Gasteiger partial charge is 0.232 e. The van der Waals surface area contributed by atoms with E-state index in [4.69, 9.17) is 11.6 Å². The van der Waals surface area contributed by atoms with Gasteiger partial charge < -0.3 is 9.80 Å². The van der Waals surface area contributed by atoms with Crippen LogP contribution in [0.2, 0.25) is 5.28 Å². The number of rotatable bonds is 10. The van der Waals surface area contributed by atoms with E-state index in [0.717, 1.165) is 0 Å². The standard InChI is InChI=1S/C15H20ClN5/c1-5-9-20(10-6-2)14-17-13(16)18-15(19-14)21(11-7-3)12-8-4/h5-8H,1-4,9-12H2. The minimum absolute atomic E-state index is 0.145. The van der Waals surface area contributed by atoms with Crippen LogP contribution in [0.1, 0.15) is 0 Å². The molecule has 0 aromatic carbocycles. The number of anilines is 2. The summed E-state index contributed by atoms with van der Waals surface area (Å²) in [4.78, 5) is 16.6. The van der Waals surface area contributed by atoms with Crippen molar-refractivity contribution in [2.45, 2.75) is 0 Å². The number of aromatic nitrogens is 3. The molecule has 1 aromatic heterocycles. The molecule has 1 heterocycles. The fraction of sp³-hybridized carbons (Fsp3) is 0.267. The molecular formula is C15H20ClN5. The molecule has 1 aromatic rings. The Labute approximate surface area is 131 Å². The van der Waals surface area contributed by atoms with E-state index in [9.17, 15) is 0 Å². The molecule has 0 fully saturated rings. The molecule has 0 amide bonds. The summed E-state index contributed by atoms with van der Waals surface area (Å²) >= 11 is 6.02. The van der Waals surface area contributed by atoms with E-state index in [-0.39, 0.29) is 5.28 Å². The first-order valence-electron chi connectivity index (χ1n) is 6.51. The normalized spacial score (nSPS) is 9.76. The van der Waals surface area contributed by atoms with E-state index >= 15 is 0 Å². The maximum Gasteiger partial charge on any atom is 0.232 e. The van der Waals surface area contributed by atoms with Crippen molar-refractivity contribution < 1.29 is 0 Å². The van der Waals surface area contributed by atoms with Gasteiger partial charge in [-0.05, 0) is 11.6 Å². The summed E-state index contributed by atoms with van der Waals surface area (Å²) < 4.78 is 0. The third-order valence-corrected chi connectivity index (χ3v) is 2.72. The van der Waals surface area contributed by atoms with Crippen LogP contribution in [-0.4, -0.2) is 41.1 Å². The van der Waals surface area contributed by atoms with Gasteiger partial charge in [0.1, 0.15) is 0 Å². The fourth-order valence-corrected chi connectivity index (χ4v) is 1.86. The number of halogens is 1. The SMILES string of the molecule is C=CCN(CC=C)c1nc(Cl)nc(N(CC=C)CC=C)n1. The molecular weight excluding hydrogens is 286 g/mol. The summed E-state index contributed by atoms with van der Waals surface area (Å²) in [6, 6.07) is 0. The van der Waals surface area contributed by atoms with Crippen molar-refractivity contribution in [3.8, 4) is 0 Å². The van der Waals surface area contributed by atoms with Crippen molar-refractivity contribution in [3.63, 3.8) is 0 Å². The Kier molecular flexibility index (Phi) is 7.18. The Bertz CT molecular complexity index is 453. The highest BCUT2D eigenvalue weighted by Gasteiger charge is 2.14. The molecule has 0 saturated heterocycles. The second-order valence-corrected chi connectivity index (χ2v) is 4.51. The molecule has 0 saturated carbocycles. The molecule has 0 spiro atoms. The van der Waals surface area contributed by atoms with Gasteiger partial charge in [0.15, 0.2) is 0 Å². The van der Waals surface area contributed by atoms with Gasteiger partial charge in [-0.3, -0.25) is 0 Å². The molecule has 0 unspecified atom stereocenters. The zero-order valence-corrected chi connectivity index (χ0v) is 12.8. The van der Waals surface area contributed by atoms with Gasteiger partial charge in [0, 0.05) is 26.2 Å². The van der Waals surface area contributed by atoms with Crippen molar-refractivity contribution in [1.82, 2.24) is 15.0 Å². The zero-order chi connectivity index (χ0) is 15.7. The van der Waals surface area contributed by atoms with E-state index in [2.05, 4.69) is 41.3 Å². The molecule has 0 atom stereocenters. The van der Waals surface area contributed by atoms with E-state index in [1.54, 1.807) is 24.3 Å². The van der Waals surface area contributed by atoms with Crippen LogP contribution in [0.25, 0.3) is 0 Å². The van der Waals surface area contributed by atoms with Crippen molar-refractivity contribution in [3.05, 3.63) is 55.9 Å². The topological polar surface area (TPSA) is 45.2 Å². The van der Waals surface area contributed by atoms with Gasteiger partial charge in [-0.2, -0.15) is 15.0 Å². The average molecular weight is 306 g/mol. The quantitative estimate of drug-likeness (QED) is 0.622. The van der Waals surface area contributed by atoms with Gasteiger partial charge >= 0.3 is 0 Å². The fourth-order valence-electron chi connectivity index (χ4n) is 1.71.